The van der Waals surface area contributed by atoms with Crippen molar-refractivity contribution in [2.75, 3.05) is 0 Å². The molecule has 5 heteroatoms. The van der Waals surface area contributed by atoms with Crippen molar-refractivity contribution in [2.45, 2.75) is 18.3 Å². The largest absolute Gasteiger partial charge is 0.416 e. The van der Waals surface area contributed by atoms with Gasteiger partial charge in [0.25, 0.3) is 0 Å². The zero-order valence-electron chi connectivity index (χ0n) is 9.09. The highest BCUT2D eigenvalue weighted by Crippen LogP contribution is 2.52. The number of carbonyl (C=O) groups excluding carboxylic acids is 1. The van der Waals surface area contributed by atoms with Gasteiger partial charge in [0.15, 0.2) is 0 Å². The van der Waals surface area contributed by atoms with Crippen LogP contribution in [0.2, 0.25) is 0 Å². The molecule has 5 nitrogen and oxygen atoms in total. The molecule has 2 N–H and O–H groups in total. The fourth-order valence-corrected chi connectivity index (χ4v) is 2.02. The molecule has 0 radical (unpaired) electrons. The molecule has 1 aliphatic carbocycles. The van der Waals surface area contributed by atoms with E-state index < -0.39 is 5.91 Å². The minimum absolute atomic E-state index is 0.123. The average molecular weight is 229 g/mol. The second-order valence-electron chi connectivity index (χ2n) is 4.22. The molecule has 86 valence electrons. The minimum Gasteiger partial charge on any atom is -0.416 e. The highest BCUT2D eigenvalue weighted by molar-refractivity contribution is 5.87. The molecule has 3 rings (SSSR count). The van der Waals surface area contributed by atoms with Crippen LogP contribution in [-0.4, -0.2) is 16.1 Å². The van der Waals surface area contributed by atoms with E-state index in [1.165, 1.54) is 0 Å². The molecule has 2 aromatic rings. The van der Waals surface area contributed by atoms with E-state index in [1.807, 2.05) is 30.3 Å². The lowest BCUT2D eigenvalue weighted by atomic mass is 9.96. The second kappa shape index (κ2) is 3.41. The summed E-state index contributed by atoms with van der Waals surface area (Å²) in [4.78, 5) is 10.9. The SMILES string of the molecule is NC(=O)c1nnc(C2(c3ccccc3)CC2)o1. The van der Waals surface area contributed by atoms with Gasteiger partial charge in [0.05, 0.1) is 5.41 Å². The fourth-order valence-electron chi connectivity index (χ4n) is 2.02. The molecule has 0 saturated heterocycles. The first kappa shape index (κ1) is 10.0. The van der Waals surface area contributed by atoms with Gasteiger partial charge in [-0.25, -0.2) is 0 Å². The zero-order chi connectivity index (χ0) is 11.9. The smallest absolute Gasteiger partial charge is 0.306 e. The number of carbonyl (C=O) groups is 1. The Hall–Kier alpha value is -2.17. The Bertz CT molecular complexity index is 558. The first-order chi connectivity index (χ1) is 8.22. The van der Waals surface area contributed by atoms with Gasteiger partial charge in [-0.2, -0.15) is 0 Å². The molecule has 1 aromatic heterocycles. The summed E-state index contributed by atoms with van der Waals surface area (Å²) < 4.78 is 5.33. The van der Waals surface area contributed by atoms with Gasteiger partial charge in [-0.1, -0.05) is 30.3 Å². The molecule has 0 atom stereocenters. The summed E-state index contributed by atoms with van der Waals surface area (Å²) in [6.45, 7) is 0. The van der Waals surface area contributed by atoms with Crippen molar-refractivity contribution in [1.82, 2.24) is 10.2 Å². The van der Waals surface area contributed by atoms with Crippen molar-refractivity contribution in [1.29, 1.82) is 0 Å². The molecule has 1 heterocycles. The Labute approximate surface area is 97.6 Å². The molecular formula is C12H11N3O2. The molecule has 1 fully saturated rings. The van der Waals surface area contributed by atoms with Crippen LogP contribution >= 0.6 is 0 Å². The van der Waals surface area contributed by atoms with Gasteiger partial charge in [-0.15, -0.1) is 10.2 Å². The molecular weight excluding hydrogens is 218 g/mol. The second-order valence-corrected chi connectivity index (χ2v) is 4.22. The zero-order valence-corrected chi connectivity index (χ0v) is 9.09. The van der Waals surface area contributed by atoms with E-state index in [-0.39, 0.29) is 11.3 Å². The summed E-state index contributed by atoms with van der Waals surface area (Å²) in [7, 11) is 0. The number of hydrogen-bond donors (Lipinski definition) is 1. The normalized spacial score (nSPS) is 16.7. The molecule has 17 heavy (non-hydrogen) atoms. The van der Waals surface area contributed by atoms with E-state index in [9.17, 15) is 4.79 Å². The minimum atomic E-state index is -0.687. The van der Waals surface area contributed by atoms with Crippen LogP contribution in [0.3, 0.4) is 0 Å². The molecule has 0 spiro atoms. The van der Waals surface area contributed by atoms with Crippen LogP contribution in [0.1, 0.15) is 35.0 Å². The van der Waals surface area contributed by atoms with Crippen molar-refractivity contribution < 1.29 is 9.21 Å². The lowest BCUT2D eigenvalue weighted by molar-refractivity contribution is 0.0965. The third kappa shape index (κ3) is 1.51. The topological polar surface area (TPSA) is 82.0 Å². The van der Waals surface area contributed by atoms with Crippen LogP contribution in [-0.2, 0) is 5.41 Å². The van der Waals surface area contributed by atoms with Gasteiger partial charge in [-0.3, -0.25) is 4.79 Å². The Morgan fingerprint density at radius 1 is 1.24 bits per heavy atom. The van der Waals surface area contributed by atoms with E-state index in [1.54, 1.807) is 0 Å². The third-order valence-electron chi connectivity index (χ3n) is 3.12. The molecule has 0 bridgehead atoms. The summed E-state index contributed by atoms with van der Waals surface area (Å²) >= 11 is 0. The molecule has 1 amide bonds. The van der Waals surface area contributed by atoms with Crippen molar-refractivity contribution >= 4 is 5.91 Å². The predicted molar refractivity (Wildman–Crippen MR) is 59.3 cm³/mol. The number of amides is 1. The van der Waals surface area contributed by atoms with Gasteiger partial charge in [0.1, 0.15) is 0 Å². The van der Waals surface area contributed by atoms with Crippen LogP contribution in [0.15, 0.2) is 34.7 Å². The average Bonchev–Trinajstić information content (AvgIpc) is 3.00. The van der Waals surface area contributed by atoms with Gasteiger partial charge >= 0.3 is 11.8 Å². The van der Waals surface area contributed by atoms with Crippen LogP contribution in [0, 0.1) is 0 Å². The molecule has 0 aliphatic heterocycles. The summed E-state index contributed by atoms with van der Waals surface area (Å²) in [5, 5.41) is 7.59. The van der Waals surface area contributed by atoms with Crippen molar-refractivity contribution in [3.8, 4) is 0 Å². The van der Waals surface area contributed by atoms with E-state index in [0.29, 0.717) is 5.89 Å². The van der Waals surface area contributed by atoms with Gasteiger partial charge < -0.3 is 10.2 Å². The first-order valence-electron chi connectivity index (χ1n) is 5.42. The monoisotopic (exact) mass is 229 g/mol. The standard InChI is InChI=1S/C12H11N3O2/c13-9(16)10-14-15-11(17-10)12(6-7-12)8-4-2-1-3-5-8/h1-5H,6-7H2,(H2,13,16). The number of hydrogen-bond acceptors (Lipinski definition) is 4. The Kier molecular flexibility index (Phi) is 2.01. The van der Waals surface area contributed by atoms with Crippen molar-refractivity contribution in [3.63, 3.8) is 0 Å². The van der Waals surface area contributed by atoms with E-state index in [2.05, 4.69) is 10.2 Å². The van der Waals surface area contributed by atoms with Crippen LogP contribution in [0.4, 0.5) is 0 Å². The maximum atomic E-state index is 10.9. The Morgan fingerprint density at radius 3 is 2.47 bits per heavy atom. The number of nitrogens with two attached hydrogens (primary N) is 1. The lowest BCUT2D eigenvalue weighted by Crippen LogP contribution is -2.11. The Morgan fingerprint density at radius 2 is 1.94 bits per heavy atom. The maximum absolute atomic E-state index is 10.9. The number of primary amides is 1. The highest BCUT2D eigenvalue weighted by Gasteiger charge is 2.50. The molecule has 0 unspecified atom stereocenters. The third-order valence-corrected chi connectivity index (χ3v) is 3.12. The summed E-state index contributed by atoms with van der Waals surface area (Å²) in [6.07, 6.45) is 1.91. The van der Waals surface area contributed by atoms with Gasteiger partial charge in [0.2, 0.25) is 5.89 Å². The van der Waals surface area contributed by atoms with E-state index in [0.717, 1.165) is 18.4 Å². The predicted octanol–water partition coefficient (Wildman–Crippen LogP) is 1.25. The summed E-state index contributed by atoms with van der Waals surface area (Å²) in [5.41, 5.74) is 6.03. The number of nitrogens with zero attached hydrogens (tertiary/aromatic N) is 2. The maximum Gasteiger partial charge on any atom is 0.306 e. The summed E-state index contributed by atoms with van der Waals surface area (Å²) in [6, 6.07) is 9.96. The quantitative estimate of drug-likeness (QED) is 0.858. The molecule has 1 saturated carbocycles. The number of benzene rings is 1. The van der Waals surface area contributed by atoms with Crippen molar-refractivity contribution in [3.05, 3.63) is 47.7 Å². The van der Waals surface area contributed by atoms with E-state index >= 15 is 0 Å². The lowest BCUT2D eigenvalue weighted by Gasteiger charge is -2.09. The van der Waals surface area contributed by atoms with Gasteiger partial charge in [0, 0.05) is 0 Å². The van der Waals surface area contributed by atoms with Gasteiger partial charge in [-0.05, 0) is 18.4 Å². The highest BCUT2D eigenvalue weighted by atomic mass is 16.4. The van der Waals surface area contributed by atoms with E-state index in [4.69, 9.17) is 10.2 Å². The van der Waals surface area contributed by atoms with Crippen LogP contribution in [0.25, 0.3) is 0 Å². The summed E-state index contributed by atoms with van der Waals surface area (Å²) in [5.74, 6) is -0.327. The molecule has 1 aliphatic rings. The number of aromatic nitrogens is 2. The number of rotatable bonds is 3. The van der Waals surface area contributed by atoms with Crippen LogP contribution in [0.5, 0.6) is 0 Å². The fraction of sp³-hybridized carbons (Fsp3) is 0.250. The van der Waals surface area contributed by atoms with Crippen molar-refractivity contribution in [2.24, 2.45) is 5.73 Å². The molecule has 1 aromatic carbocycles. The Balaban J connectivity index is 2.01. The first-order valence-corrected chi connectivity index (χ1v) is 5.42. The van der Waals surface area contributed by atoms with Crippen LogP contribution < -0.4 is 5.73 Å².